The molecule has 2 aliphatic rings. The van der Waals surface area contributed by atoms with Crippen LogP contribution in [0.15, 0.2) is 127 Å². The van der Waals surface area contributed by atoms with Gasteiger partial charge in [-0.05, 0) is 55.1 Å². The van der Waals surface area contributed by atoms with E-state index in [1.807, 2.05) is 53.9 Å². The maximum absolute atomic E-state index is 12.0. The van der Waals surface area contributed by atoms with E-state index in [9.17, 15) is 24.6 Å². The summed E-state index contributed by atoms with van der Waals surface area (Å²) in [6.07, 6.45) is 4.41. The minimum absolute atomic E-state index is 0.0671. The van der Waals surface area contributed by atoms with Crippen LogP contribution in [0.25, 0.3) is 22.3 Å². The van der Waals surface area contributed by atoms with Crippen LogP contribution in [-0.2, 0) is 16.0 Å². The van der Waals surface area contributed by atoms with Crippen LogP contribution in [0.4, 0.5) is 0 Å². The molecule has 1 atom stereocenters. The summed E-state index contributed by atoms with van der Waals surface area (Å²) in [5.74, 6) is -2.57. The summed E-state index contributed by atoms with van der Waals surface area (Å²) in [5.41, 5.74) is 3.58. The number of hydrogen-bond acceptors (Lipinski definition) is 10. The average Bonchev–Trinajstić information content (AvgIpc) is 3.28. The third-order valence-electron chi connectivity index (χ3n) is 8.38. The molecule has 1 unspecified atom stereocenters. The van der Waals surface area contributed by atoms with E-state index < -0.39 is 11.9 Å². The minimum Gasteiger partial charge on any atom is -0.508 e. The quantitative estimate of drug-likeness (QED) is 0.109. The van der Waals surface area contributed by atoms with Gasteiger partial charge >= 0.3 is 11.9 Å². The molecule has 0 spiro atoms. The Hall–Kier alpha value is -5.01. The third-order valence-corrected chi connectivity index (χ3v) is 10.3. The van der Waals surface area contributed by atoms with Crippen molar-refractivity contribution in [2.75, 3.05) is 39.5 Å². The van der Waals surface area contributed by atoms with Crippen LogP contribution < -0.4 is 5.43 Å². The lowest BCUT2D eigenvalue weighted by Gasteiger charge is -2.38. The van der Waals surface area contributed by atoms with Gasteiger partial charge < -0.3 is 29.7 Å². The predicted octanol–water partition coefficient (Wildman–Crippen LogP) is 6.99. The first-order valence-corrected chi connectivity index (χ1v) is 18.1. The second-order valence-corrected chi connectivity index (χ2v) is 13.8. The summed E-state index contributed by atoms with van der Waals surface area (Å²) < 4.78 is 5.57. The topological polar surface area (TPSA) is 152 Å². The number of rotatable bonds is 5. The molecule has 1 saturated heterocycles. The standard InChI is InChI=1S/C20H24N2S2.C15H10O4.C4H4O4/c1-21-9-11-22(12-10-21)18-13-15-5-3-4-6-19(15)24-20-8-7-16(23-2)14-17(18)20;16-10-6-11(17)15-12(18)8-13(19-14(15)7-10)9-4-2-1-3-5-9;5-3(6)1-2-4(7)8/h3-8,14,18H,9-13H2,1-2H3;1-8,16-17H;1-2H,(H,5,6)(H,7,8). The van der Waals surface area contributed by atoms with E-state index in [1.165, 1.54) is 51.0 Å². The third kappa shape index (κ3) is 9.83. The lowest BCUT2D eigenvalue weighted by atomic mass is 9.96. The highest BCUT2D eigenvalue weighted by atomic mass is 32.2. The highest BCUT2D eigenvalue weighted by Crippen LogP contribution is 2.44. The van der Waals surface area contributed by atoms with Crippen LogP contribution in [0.3, 0.4) is 0 Å². The van der Waals surface area contributed by atoms with Crippen molar-refractivity contribution in [1.82, 2.24) is 9.80 Å². The smallest absolute Gasteiger partial charge is 0.328 e. The zero-order chi connectivity index (χ0) is 36.5. The van der Waals surface area contributed by atoms with Crippen LogP contribution >= 0.6 is 23.5 Å². The van der Waals surface area contributed by atoms with Gasteiger partial charge in [0.05, 0.1) is 0 Å². The number of carboxylic acids is 2. The summed E-state index contributed by atoms with van der Waals surface area (Å²) in [6, 6.07) is 29.4. The molecule has 4 aromatic carbocycles. The van der Waals surface area contributed by atoms with Gasteiger partial charge in [0.1, 0.15) is 28.2 Å². The molecule has 0 saturated carbocycles. The minimum atomic E-state index is -1.26. The molecule has 0 aliphatic carbocycles. The monoisotopic (exact) mass is 726 g/mol. The summed E-state index contributed by atoms with van der Waals surface area (Å²) in [7, 11) is 2.23. The number of phenols is 2. The number of carbonyl (C=O) groups is 2. The number of carboxylic acid groups (broad SMARTS) is 2. The number of aromatic hydroxyl groups is 2. The molecule has 51 heavy (non-hydrogen) atoms. The van der Waals surface area contributed by atoms with E-state index in [2.05, 4.69) is 65.6 Å². The van der Waals surface area contributed by atoms with Gasteiger partial charge in [-0.1, -0.05) is 60.3 Å². The van der Waals surface area contributed by atoms with Gasteiger partial charge in [-0.2, -0.15) is 0 Å². The molecular weight excluding hydrogens is 689 g/mol. The molecule has 2 aliphatic heterocycles. The van der Waals surface area contributed by atoms with E-state index in [1.54, 1.807) is 0 Å². The molecule has 3 heterocycles. The van der Waals surface area contributed by atoms with Crippen molar-refractivity contribution in [2.24, 2.45) is 0 Å². The van der Waals surface area contributed by atoms with Crippen molar-refractivity contribution in [1.29, 1.82) is 0 Å². The number of aliphatic carboxylic acids is 2. The van der Waals surface area contributed by atoms with Gasteiger partial charge in [0.2, 0.25) is 0 Å². The van der Waals surface area contributed by atoms with Gasteiger partial charge in [-0.3, -0.25) is 9.69 Å². The van der Waals surface area contributed by atoms with Crippen molar-refractivity contribution < 1.29 is 34.4 Å². The normalized spacial score (nSPS) is 15.8. The van der Waals surface area contributed by atoms with E-state index in [0.717, 1.165) is 31.1 Å². The second-order valence-electron chi connectivity index (χ2n) is 11.9. The summed E-state index contributed by atoms with van der Waals surface area (Å²) >= 11 is 3.79. The van der Waals surface area contributed by atoms with Crippen LogP contribution in [0.5, 0.6) is 11.5 Å². The Kier molecular flexibility index (Phi) is 12.6. The number of fused-ring (bicyclic) bond motifs is 3. The van der Waals surface area contributed by atoms with E-state index in [4.69, 9.17) is 14.6 Å². The Morgan fingerprint density at radius 2 is 1.51 bits per heavy atom. The number of thioether (sulfide) groups is 1. The predicted molar refractivity (Wildman–Crippen MR) is 200 cm³/mol. The van der Waals surface area contributed by atoms with Gasteiger partial charge in [0.25, 0.3) is 0 Å². The van der Waals surface area contributed by atoms with Gasteiger partial charge in [0, 0.05) is 82.8 Å². The number of nitrogens with zero attached hydrogens (tertiary/aromatic N) is 2. The zero-order valence-corrected chi connectivity index (χ0v) is 29.7. The Labute approximate surface area is 303 Å². The van der Waals surface area contributed by atoms with Crippen LogP contribution in [-0.4, -0.2) is 81.6 Å². The van der Waals surface area contributed by atoms with Crippen molar-refractivity contribution in [3.63, 3.8) is 0 Å². The first-order valence-electron chi connectivity index (χ1n) is 16.1. The van der Waals surface area contributed by atoms with Gasteiger partial charge in [-0.15, -0.1) is 11.8 Å². The number of phenolic OH excluding ortho intramolecular Hbond substituents is 2. The molecular formula is C39H38N2O8S2. The largest absolute Gasteiger partial charge is 0.508 e. The van der Waals surface area contributed by atoms with Crippen LogP contribution in [0, 0.1) is 0 Å². The Morgan fingerprint density at radius 1 is 0.843 bits per heavy atom. The number of piperazine rings is 1. The molecule has 4 N–H and O–H groups in total. The fraction of sp³-hybridized carbons (Fsp3) is 0.205. The zero-order valence-electron chi connectivity index (χ0n) is 28.1. The molecule has 0 amide bonds. The summed E-state index contributed by atoms with van der Waals surface area (Å²) in [4.78, 5) is 40.5. The number of hydrogen-bond donors (Lipinski definition) is 4. The molecule has 5 aromatic rings. The van der Waals surface area contributed by atoms with Crippen molar-refractivity contribution in [3.8, 4) is 22.8 Å². The Balaban J connectivity index is 0.000000167. The second kappa shape index (κ2) is 17.3. The SMILES string of the molecule is CSc1ccc2c(c1)C(N1CCN(C)CC1)Cc1ccccc1S2.O=C(O)C=CC(=O)O.O=c1cc(-c2ccccc2)oc2cc(O)cc(O)c12. The fourth-order valence-electron chi connectivity index (χ4n) is 5.82. The lowest BCUT2D eigenvalue weighted by molar-refractivity contribution is -0.134. The molecule has 1 fully saturated rings. The van der Waals surface area contributed by atoms with Crippen molar-refractivity contribution in [2.45, 2.75) is 27.1 Å². The highest BCUT2D eigenvalue weighted by molar-refractivity contribution is 7.99. The maximum atomic E-state index is 12.0. The number of likely N-dealkylation sites (N-methyl/N-ethyl adjacent to an activating group) is 1. The highest BCUT2D eigenvalue weighted by Gasteiger charge is 2.29. The van der Waals surface area contributed by atoms with Crippen LogP contribution in [0.2, 0.25) is 0 Å². The molecule has 7 rings (SSSR count). The van der Waals surface area contributed by atoms with Crippen molar-refractivity contribution in [3.05, 3.63) is 124 Å². The lowest BCUT2D eigenvalue weighted by Crippen LogP contribution is -2.46. The molecule has 12 heteroatoms. The van der Waals surface area contributed by atoms with E-state index in [0.29, 0.717) is 24.0 Å². The summed E-state index contributed by atoms with van der Waals surface area (Å²) in [5, 5.41) is 34.8. The first-order chi connectivity index (χ1) is 24.5. The van der Waals surface area contributed by atoms with E-state index >= 15 is 0 Å². The maximum Gasteiger partial charge on any atom is 0.328 e. The molecule has 10 nitrogen and oxygen atoms in total. The average molecular weight is 727 g/mol. The van der Waals surface area contributed by atoms with E-state index in [-0.39, 0.29) is 27.9 Å². The number of benzene rings is 4. The Morgan fingerprint density at radius 3 is 2.18 bits per heavy atom. The van der Waals surface area contributed by atoms with Crippen molar-refractivity contribution >= 4 is 46.4 Å². The molecule has 0 bridgehead atoms. The molecule has 264 valence electrons. The Bertz CT molecular complexity index is 2080. The molecule has 0 radical (unpaired) electrons. The fourth-order valence-corrected chi connectivity index (χ4v) is 7.38. The van der Waals surface area contributed by atoms with Crippen LogP contribution in [0.1, 0.15) is 17.2 Å². The van der Waals surface area contributed by atoms with Gasteiger partial charge in [0.15, 0.2) is 5.43 Å². The summed E-state index contributed by atoms with van der Waals surface area (Å²) in [6.45, 7) is 4.67. The molecule has 1 aromatic heterocycles. The van der Waals surface area contributed by atoms with Gasteiger partial charge in [-0.25, -0.2) is 9.59 Å². The first kappa shape index (κ1) is 37.3.